The molecule has 1 aromatic rings. The van der Waals surface area contributed by atoms with Gasteiger partial charge in [-0.3, -0.25) is 9.69 Å². The smallest absolute Gasteiger partial charge is 0.176 e. The van der Waals surface area contributed by atoms with Gasteiger partial charge in [0.2, 0.25) is 0 Å². The fraction of sp³-hybridized carbons (Fsp3) is 0.533. The van der Waals surface area contributed by atoms with Gasteiger partial charge in [-0.15, -0.1) is 0 Å². The van der Waals surface area contributed by atoms with E-state index in [-0.39, 0.29) is 5.78 Å². The maximum atomic E-state index is 12.2. The Morgan fingerprint density at radius 2 is 2.06 bits per heavy atom. The number of rotatable bonds is 5. The summed E-state index contributed by atoms with van der Waals surface area (Å²) >= 11 is 0. The van der Waals surface area contributed by atoms with Crippen molar-refractivity contribution in [3.8, 4) is 0 Å². The van der Waals surface area contributed by atoms with Crippen molar-refractivity contribution in [1.29, 1.82) is 0 Å². The van der Waals surface area contributed by atoms with Crippen LogP contribution in [-0.2, 0) is 0 Å². The normalized spacial score (nSPS) is 20.5. The zero-order valence-electron chi connectivity index (χ0n) is 11.3. The number of likely N-dealkylation sites (N-methyl/N-ethyl adjacent to an activating group) is 1. The van der Waals surface area contributed by atoms with E-state index in [0.717, 1.165) is 18.7 Å². The predicted octanol–water partition coefficient (Wildman–Crippen LogP) is 1.90. The van der Waals surface area contributed by atoms with Gasteiger partial charge < -0.3 is 4.90 Å². The molecule has 0 spiro atoms. The first-order valence-electron chi connectivity index (χ1n) is 6.64. The molecular formula is C15H22N2O. The number of hydrogen-bond donors (Lipinski definition) is 0. The van der Waals surface area contributed by atoms with E-state index < -0.39 is 0 Å². The lowest BCUT2D eigenvalue weighted by Gasteiger charge is -2.26. The Labute approximate surface area is 109 Å². The summed E-state index contributed by atoms with van der Waals surface area (Å²) in [6, 6.07) is 10.1. The number of Topliss-reactive ketones (excluding diaryl/α,β-unsaturated/α-hetero) is 1. The van der Waals surface area contributed by atoms with E-state index in [9.17, 15) is 4.79 Å². The Hall–Kier alpha value is -1.19. The third-order valence-electron chi connectivity index (χ3n) is 3.52. The van der Waals surface area contributed by atoms with Crippen molar-refractivity contribution in [3.63, 3.8) is 0 Å². The fourth-order valence-corrected chi connectivity index (χ4v) is 2.63. The average Bonchev–Trinajstić information content (AvgIpc) is 2.77. The molecule has 1 heterocycles. The van der Waals surface area contributed by atoms with E-state index in [4.69, 9.17) is 0 Å². The summed E-state index contributed by atoms with van der Waals surface area (Å²) in [4.78, 5) is 16.7. The largest absolute Gasteiger partial charge is 0.308 e. The molecule has 0 N–H and O–H groups in total. The van der Waals surface area contributed by atoms with Crippen LogP contribution in [0.4, 0.5) is 0 Å². The number of hydrogen-bond acceptors (Lipinski definition) is 3. The summed E-state index contributed by atoms with van der Waals surface area (Å²) < 4.78 is 0. The first-order chi connectivity index (χ1) is 8.66. The fourth-order valence-electron chi connectivity index (χ4n) is 2.63. The van der Waals surface area contributed by atoms with Gasteiger partial charge in [0, 0.05) is 18.2 Å². The first-order valence-corrected chi connectivity index (χ1v) is 6.64. The summed E-state index contributed by atoms with van der Waals surface area (Å²) in [5.74, 6) is 0.237. The second-order valence-corrected chi connectivity index (χ2v) is 5.32. The van der Waals surface area contributed by atoms with Crippen molar-refractivity contribution < 1.29 is 4.79 Å². The van der Waals surface area contributed by atoms with Gasteiger partial charge in [-0.2, -0.15) is 0 Å². The lowest BCUT2D eigenvalue weighted by atomic mass is 10.1. The average molecular weight is 246 g/mol. The number of carbonyl (C=O) groups is 1. The Kier molecular flexibility index (Phi) is 4.50. The zero-order chi connectivity index (χ0) is 13.0. The number of benzene rings is 1. The topological polar surface area (TPSA) is 23.6 Å². The highest BCUT2D eigenvalue weighted by Gasteiger charge is 2.26. The molecule has 1 saturated heterocycles. The minimum atomic E-state index is 0.237. The molecule has 3 heteroatoms. The van der Waals surface area contributed by atoms with Gasteiger partial charge in [-0.05, 0) is 33.5 Å². The molecule has 1 fully saturated rings. The van der Waals surface area contributed by atoms with Crippen LogP contribution in [-0.4, -0.2) is 55.4 Å². The van der Waals surface area contributed by atoms with Gasteiger partial charge in [-0.1, -0.05) is 30.3 Å². The molecule has 0 radical (unpaired) electrons. The monoisotopic (exact) mass is 246 g/mol. The Balaban J connectivity index is 1.94. The van der Waals surface area contributed by atoms with Crippen LogP contribution in [0.1, 0.15) is 23.2 Å². The molecule has 1 aliphatic rings. The number of likely N-dealkylation sites (tertiary alicyclic amines) is 1. The van der Waals surface area contributed by atoms with Crippen molar-refractivity contribution in [2.75, 3.05) is 33.7 Å². The van der Waals surface area contributed by atoms with Crippen LogP contribution in [0, 0.1) is 0 Å². The zero-order valence-corrected chi connectivity index (χ0v) is 11.3. The van der Waals surface area contributed by atoms with Crippen molar-refractivity contribution >= 4 is 5.78 Å². The van der Waals surface area contributed by atoms with E-state index in [1.54, 1.807) is 0 Å². The standard InChI is InChI=1S/C15H22N2O/c1-16(2)11-14-9-6-10-17(14)12-15(18)13-7-4-3-5-8-13/h3-5,7-8,14H,6,9-12H2,1-2H3. The minimum absolute atomic E-state index is 0.237. The number of carbonyl (C=O) groups excluding carboxylic acids is 1. The highest BCUT2D eigenvalue weighted by molar-refractivity contribution is 5.97. The Morgan fingerprint density at radius 3 is 2.72 bits per heavy atom. The van der Waals surface area contributed by atoms with Crippen molar-refractivity contribution in [2.45, 2.75) is 18.9 Å². The molecule has 1 aliphatic heterocycles. The van der Waals surface area contributed by atoms with Gasteiger partial charge in [0.25, 0.3) is 0 Å². The van der Waals surface area contributed by atoms with Crippen molar-refractivity contribution in [1.82, 2.24) is 9.80 Å². The lowest BCUT2D eigenvalue weighted by molar-refractivity contribution is 0.0910. The van der Waals surface area contributed by atoms with Crippen molar-refractivity contribution in [2.24, 2.45) is 0 Å². The molecule has 0 aliphatic carbocycles. The molecule has 0 aromatic heterocycles. The summed E-state index contributed by atoms with van der Waals surface area (Å²) in [6.07, 6.45) is 2.42. The van der Waals surface area contributed by atoms with Gasteiger partial charge in [0.15, 0.2) is 5.78 Å². The van der Waals surface area contributed by atoms with E-state index in [1.807, 2.05) is 30.3 Å². The third kappa shape index (κ3) is 3.40. The maximum absolute atomic E-state index is 12.2. The number of ketones is 1. The molecule has 2 rings (SSSR count). The molecule has 1 aromatic carbocycles. The molecule has 1 atom stereocenters. The van der Waals surface area contributed by atoms with Crippen LogP contribution < -0.4 is 0 Å². The summed E-state index contributed by atoms with van der Waals surface area (Å²) in [5, 5.41) is 0. The van der Waals surface area contributed by atoms with Gasteiger partial charge in [0.1, 0.15) is 0 Å². The van der Waals surface area contributed by atoms with Crippen LogP contribution in [0.2, 0.25) is 0 Å². The van der Waals surface area contributed by atoms with Crippen LogP contribution >= 0.6 is 0 Å². The molecule has 98 valence electrons. The highest BCUT2D eigenvalue weighted by atomic mass is 16.1. The number of nitrogens with zero attached hydrogens (tertiary/aromatic N) is 2. The molecule has 3 nitrogen and oxygen atoms in total. The molecule has 18 heavy (non-hydrogen) atoms. The lowest BCUT2D eigenvalue weighted by Crippen LogP contribution is -2.40. The summed E-state index contributed by atoms with van der Waals surface area (Å²) in [7, 11) is 4.19. The van der Waals surface area contributed by atoms with Gasteiger partial charge in [0.05, 0.1) is 6.54 Å². The highest BCUT2D eigenvalue weighted by Crippen LogP contribution is 2.18. The predicted molar refractivity (Wildman–Crippen MR) is 73.9 cm³/mol. The summed E-state index contributed by atoms with van der Waals surface area (Å²) in [6.45, 7) is 2.65. The molecule has 0 saturated carbocycles. The molecular weight excluding hydrogens is 224 g/mol. The van der Waals surface area contributed by atoms with Crippen LogP contribution in [0.15, 0.2) is 30.3 Å². The Morgan fingerprint density at radius 1 is 1.33 bits per heavy atom. The van der Waals surface area contributed by atoms with Gasteiger partial charge in [-0.25, -0.2) is 0 Å². The maximum Gasteiger partial charge on any atom is 0.176 e. The Bertz CT molecular complexity index is 389. The minimum Gasteiger partial charge on any atom is -0.308 e. The van der Waals surface area contributed by atoms with E-state index in [2.05, 4.69) is 23.9 Å². The second-order valence-electron chi connectivity index (χ2n) is 5.32. The first kappa shape index (κ1) is 13.2. The SMILES string of the molecule is CN(C)CC1CCCN1CC(=O)c1ccccc1. The summed E-state index contributed by atoms with van der Waals surface area (Å²) in [5.41, 5.74) is 0.827. The molecule has 0 bridgehead atoms. The van der Waals surface area contributed by atoms with Crippen LogP contribution in [0.3, 0.4) is 0 Å². The van der Waals surface area contributed by atoms with E-state index in [0.29, 0.717) is 12.6 Å². The quantitative estimate of drug-likeness (QED) is 0.741. The van der Waals surface area contributed by atoms with Crippen LogP contribution in [0.25, 0.3) is 0 Å². The second kappa shape index (κ2) is 6.12. The van der Waals surface area contributed by atoms with Gasteiger partial charge >= 0.3 is 0 Å². The molecule has 0 amide bonds. The molecule has 1 unspecified atom stereocenters. The van der Waals surface area contributed by atoms with E-state index >= 15 is 0 Å². The third-order valence-corrected chi connectivity index (χ3v) is 3.52. The van der Waals surface area contributed by atoms with Crippen LogP contribution in [0.5, 0.6) is 0 Å². The van der Waals surface area contributed by atoms with Crippen molar-refractivity contribution in [3.05, 3.63) is 35.9 Å². The van der Waals surface area contributed by atoms with E-state index in [1.165, 1.54) is 12.8 Å².